The molecule has 0 aliphatic carbocycles. The highest BCUT2D eigenvalue weighted by atomic mass is 16.2. The van der Waals surface area contributed by atoms with Crippen molar-refractivity contribution in [3.05, 3.63) is 53.6 Å². The zero-order valence-corrected chi connectivity index (χ0v) is 11.2. The molecule has 0 radical (unpaired) electrons. The van der Waals surface area contributed by atoms with Crippen LogP contribution in [-0.2, 0) is 6.54 Å². The summed E-state index contributed by atoms with van der Waals surface area (Å²) in [4.78, 5) is 21.9. The highest BCUT2D eigenvalue weighted by molar-refractivity contribution is 5.94. The van der Waals surface area contributed by atoms with E-state index < -0.39 is 0 Å². The molecule has 3 rings (SSSR count). The van der Waals surface area contributed by atoms with Crippen molar-refractivity contribution in [3.63, 3.8) is 0 Å². The maximum Gasteiger partial charge on any atom is 0.254 e. The van der Waals surface area contributed by atoms with Crippen LogP contribution in [0.1, 0.15) is 40.6 Å². The maximum absolute atomic E-state index is 12.7. The minimum Gasteiger partial charge on any atom is -0.363 e. The van der Waals surface area contributed by atoms with Crippen LogP contribution >= 0.6 is 0 Å². The van der Waals surface area contributed by atoms with Crippen molar-refractivity contribution < 1.29 is 4.79 Å². The number of amides is 1. The molecule has 1 atom stereocenters. The van der Waals surface area contributed by atoms with Gasteiger partial charge in [0.15, 0.2) is 0 Å². The van der Waals surface area contributed by atoms with E-state index in [1.54, 1.807) is 18.3 Å². The predicted molar refractivity (Wildman–Crippen MR) is 75.9 cm³/mol. The zero-order chi connectivity index (χ0) is 13.9. The third kappa shape index (κ3) is 2.32. The number of rotatable bonds is 3. The molecule has 1 aliphatic heterocycles. The van der Waals surface area contributed by atoms with E-state index in [1.165, 1.54) is 0 Å². The van der Waals surface area contributed by atoms with Crippen molar-refractivity contribution in [3.8, 4) is 0 Å². The molecule has 104 valence electrons. The Kier molecular flexibility index (Phi) is 3.52. The molecule has 2 aromatic rings. The number of nitrogens with zero attached hydrogens (tertiary/aromatic N) is 2. The Balaban J connectivity index is 1.85. The summed E-state index contributed by atoms with van der Waals surface area (Å²) in [6.07, 6.45) is 5.58. The number of carbonyl (C=O) groups excluding carboxylic acids is 1. The van der Waals surface area contributed by atoms with E-state index in [-0.39, 0.29) is 11.9 Å². The molecule has 1 fully saturated rings. The van der Waals surface area contributed by atoms with Gasteiger partial charge in [0.1, 0.15) is 0 Å². The molecule has 0 bridgehead atoms. The minimum atomic E-state index is 0.0548. The summed E-state index contributed by atoms with van der Waals surface area (Å²) in [6, 6.07) is 7.69. The Morgan fingerprint density at radius 1 is 1.50 bits per heavy atom. The molecule has 1 aliphatic rings. The van der Waals surface area contributed by atoms with E-state index >= 15 is 0 Å². The molecule has 1 amide bonds. The van der Waals surface area contributed by atoms with Crippen LogP contribution in [0, 0.1) is 0 Å². The number of likely N-dealkylation sites (tertiary alicyclic amines) is 1. The number of aromatic nitrogens is 2. The molecule has 0 spiro atoms. The quantitative estimate of drug-likeness (QED) is 0.893. The van der Waals surface area contributed by atoms with Gasteiger partial charge >= 0.3 is 0 Å². The average molecular weight is 270 g/mol. The van der Waals surface area contributed by atoms with Crippen molar-refractivity contribution in [2.45, 2.75) is 25.4 Å². The third-order valence-corrected chi connectivity index (χ3v) is 3.77. The molecule has 1 saturated heterocycles. The highest BCUT2D eigenvalue weighted by Crippen LogP contribution is 2.32. The zero-order valence-electron chi connectivity index (χ0n) is 11.2. The van der Waals surface area contributed by atoms with Crippen LogP contribution in [0.25, 0.3) is 0 Å². The van der Waals surface area contributed by atoms with Crippen molar-refractivity contribution in [1.29, 1.82) is 0 Å². The van der Waals surface area contributed by atoms with E-state index in [9.17, 15) is 4.79 Å². The first-order chi connectivity index (χ1) is 9.79. The van der Waals surface area contributed by atoms with Gasteiger partial charge < -0.3 is 15.6 Å². The molecule has 0 aromatic carbocycles. The molecule has 5 heteroatoms. The van der Waals surface area contributed by atoms with E-state index in [2.05, 4.69) is 9.97 Å². The Bertz CT molecular complexity index is 594. The molecule has 20 heavy (non-hydrogen) atoms. The topological polar surface area (TPSA) is 75.0 Å². The second kappa shape index (κ2) is 5.46. The minimum absolute atomic E-state index is 0.0548. The molecular weight excluding hydrogens is 252 g/mol. The Labute approximate surface area is 117 Å². The lowest BCUT2D eigenvalue weighted by molar-refractivity contribution is 0.0733. The van der Waals surface area contributed by atoms with E-state index in [4.69, 9.17) is 5.73 Å². The number of aromatic amines is 1. The second-order valence-corrected chi connectivity index (χ2v) is 5.02. The molecule has 3 heterocycles. The summed E-state index contributed by atoms with van der Waals surface area (Å²) < 4.78 is 0. The van der Waals surface area contributed by atoms with Gasteiger partial charge in [0, 0.05) is 36.7 Å². The summed E-state index contributed by atoms with van der Waals surface area (Å²) in [6.45, 7) is 1.14. The standard InChI is InChI=1S/C15H18N4O/c16-10-12-9-11(5-7-17-12)15(20)19-8-2-4-14(19)13-3-1-6-18-13/h1,3,5-7,9,14,18H,2,4,8,10,16H2. The lowest BCUT2D eigenvalue weighted by Gasteiger charge is -2.24. The first-order valence-electron chi connectivity index (χ1n) is 6.89. The van der Waals surface area contributed by atoms with Crippen LogP contribution in [0.4, 0.5) is 0 Å². The highest BCUT2D eigenvalue weighted by Gasteiger charge is 2.31. The molecule has 1 unspecified atom stereocenters. The number of carbonyl (C=O) groups is 1. The Hall–Kier alpha value is -2.14. The molecule has 3 N–H and O–H groups in total. The van der Waals surface area contributed by atoms with Gasteiger partial charge in [0.2, 0.25) is 0 Å². The van der Waals surface area contributed by atoms with Crippen LogP contribution in [0.5, 0.6) is 0 Å². The van der Waals surface area contributed by atoms with Crippen LogP contribution in [0.2, 0.25) is 0 Å². The smallest absolute Gasteiger partial charge is 0.254 e. The average Bonchev–Trinajstić information content (AvgIpc) is 3.16. The van der Waals surface area contributed by atoms with Crippen molar-refractivity contribution >= 4 is 5.91 Å². The first kappa shape index (κ1) is 12.9. The van der Waals surface area contributed by atoms with E-state index in [0.29, 0.717) is 12.1 Å². The second-order valence-electron chi connectivity index (χ2n) is 5.02. The van der Waals surface area contributed by atoms with Crippen LogP contribution < -0.4 is 5.73 Å². The lowest BCUT2D eigenvalue weighted by atomic mass is 10.1. The number of H-pyrrole nitrogens is 1. The Morgan fingerprint density at radius 3 is 3.15 bits per heavy atom. The van der Waals surface area contributed by atoms with E-state index in [1.807, 2.05) is 23.2 Å². The van der Waals surface area contributed by atoms with Gasteiger partial charge in [-0.05, 0) is 37.1 Å². The SMILES string of the molecule is NCc1cc(C(=O)N2CCCC2c2ccc[nH]2)ccn1. The first-order valence-corrected chi connectivity index (χ1v) is 6.89. The number of hydrogen-bond donors (Lipinski definition) is 2. The summed E-state index contributed by atoms with van der Waals surface area (Å²) in [5, 5.41) is 0. The van der Waals surface area contributed by atoms with Crippen LogP contribution in [0.3, 0.4) is 0 Å². The van der Waals surface area contributed by atoms with Crippen molar-refractivity contribution in [2.24, 2.45) is 5.73 Å². The summed E-state index contributed by atoms with van der Waals surface area (Å²) >= 11 is 0. The van der Waals surface area contributed by atoms with Crippen molar-refractivity contribution in [1.82, 2.24) is 14.9 Å². The monoisotopic (exact) mass is 270 g/mol. The fourth-order valence-corrected chi connectivity index (χ4v) is 2.77. The summed E-state index contributed by atoms with van der Waals surface area (Å²) in [5.74, 6) is 0.0548. The number of hydrogen-bond acceptors (Lipinski definition) is 3. The lowest BCUT2D eigenvalue weighted by Crippen LogP contribution is -2.30. The van der Waals surface area contributed by atoms with Gasteiger partial charge in [-0.15, -0.1) is 0 Å². The largest absolute Gasteiger partial charge is 0.363 e. The molecular formula is C15H18N4O. The third-order valence-electron chi connectivity index (χ3n) is 3.77. The molecule has 2 aromatic heterocycles. The fraction of sp³-hybridized carbons (Fsp3) is 0.333. The number of nitrogens with two attached hydrogens (primary N) is 1. The van der Waals surface area contributed by atoms with Gasteiger partial charge in [-0.2, -0.15) is 0 Å². The fourth-order valence-electron chi connectivity index (χ4n) is 2.77. The normalized spacial score (nSPS) is 18.4. The van der Waals surface area contributed by atoms with Crippen LogP contribution in [-0.4, -0.2) is 27.3 Å². The van der Waals surface area contributed by atoms with Gasteiger partial charge in [0.25, 0.3) is 5.91 Å². The number of nitrogens with one attached hydrogen (secondary N) is 1. The van der Waals surface area contributed by atoms with Crippen molar-refractivity contribution in [2.75, 3.05) is 6.54 Å². The summed E-state index contributed by atoms with van der Waals surface area (Å²) in [5.41, 5.74) is 8.09. The molecule has 0 saturated carbocycles. The number of pyridine rings is 1. The van der Waals surface area contributed by atoms with Gasteiger partial charge in [-0.3, -0.25) is 9.78 Å². The van der Waals surface area contributed by atoms with Gasteiger partial charge in [0.05, 0.1) is 11.7 Å². The van der Waals surface area contributed by atoms with Gasteiger partial charge in [-0.1, -0.05) is 0 Å². The van der Waals surface area contributed by atoms with Crippen LogP contribution in [0.15, 0.2) is 36.7 Å². The summed E-state index contributed by atoms with van der Waals surface area (Å²) in [7, 11) is 0. The van der Waals surface area contributed by atoms with E-state index in [0.717, 1.165) is 30.8 Å². The molecule has 5 nitrogen and oxygen atoms in total. The predicted octanol–water partition coefficient (Wildman–Crippen LogP) is 1.85. The van der Waals surface area contributed by atoms with Gasteiger partial charge in [-0.25, -0.2) is 0 Å². The maximum atomic E-state index is 12.7. The Morgan fingerprint density at radius 2 is 2.40 bits per heavy atom.